The number of hydrogen-bond donors (Lipinski definition) is 1. The summed E-state index contributed by atoms with van der Waals surface area (Å²) in [6.07, 6.45) is 9.18. The maximum absolute atomic E-state index is 5.85. The first-order valence-electron chi connectivity index (χ1n) is 7.13. The van der Waals surface area contributed by atoms with Gasteiger partial charge in [-0.15, -0.1) is 5.10 Å². The topological polar surface area (TPSA) is 47.0 Å². The molecule has 2 aliphatic carbocycles. The van der Waals surface area contributed by atoms with E-state index in [2.05, 4.69) is 15.5 Å². The third-order valence-electron chi connectivity index (χ3n) is 3.68. The van der Waals surface area contributed by atoms with Gasteiger partial charge in [-0.2, -0.15) is 5.10 Å². The Morgan fingerprint density at radius 2 is 1.89 bits per heavy atom. The monoisotopic (exact) mass is 247 g/mol. The van der Waals surface area contributed by atoms with Gasteiger partial charge in [0.2, 0.25) is 5.88 Å². The molecule has 1 heterocycles. The summed E-state index contributed by atoms with van der Waals surface area (Å²) in [5, 5.41) is 11.8. The first-order valence-corrected chi connectivity index (χ1v) is 7.13. The van der Waals surface area contributed by atoms with Crippen LogP contribution in [0.25, 0.3) is 0 Å². The quantitative estimate of drug-likeness (QED) is 0.868. The molecule has 1 aromatic rings. The summed E-state index contributed by atoms with van der Waals surface area (Å²) >= 11 is 0. The minimum atomic E-state index is 0.350. The molecule has 3 rings (SSSR count). The highest BCUT2D eigenvalue weighted by molar-refractivity contribution is 5.12. The fourth-order valence-corrected chi connectivity index (χ4v) is 2.39. The molecule has 0 saturated heterocycles. The standard InChI is InChI=1S/C14H21N3O/c1-2-4-13(5-3-1)18-14-9-8-12(16-17-14)10-15-11-6-7-11/h8-9,11,13,15H,1-7,10H2. The third-order valence-corrected chi connectivity index (χ3v) is 3.68. The van der Waals surface area contributed by atoms with Crippen LogP contribution in [0.1, 0.15) is 50.6 Å². The summed E-state index contributed by atoms with van der Waals surface area (Å²) in [6.45, 7) is 0.821. The van der Waals surface area contributed by atoms with E-state index in [0.717, 1.165) is 25.1 Å². The molecular weight excluding hydrogens is 226 g/mol. The van der Waals surface area contributed by atoms with Crippen molar-refractivity contribution in [2.24, 2.45) is 0 Å². The molecule has 0 radical (unpaired) electrons. The van der Waals surface area contributed by atoms with E-state index in [0.29, 0.717) is 18.0 Å². The van der Waals surface area contributed by atoms with Gasteiger partial charge in [0, 0.05) is 18.7 Å². The summed E-state index contributed by atoms with van der Waals surface area (Å²) in [4.78, 5) is 0. The first kappa shape index (κ1) is 11.9. The molecule has 0 bridgehead atoms. The lowest BCUT2D eigenvalue weighted by Gasteiger charge is -2.21. The van der Waals surface area contributed by atoms with Gasteiger partial charge in [0.25, 0.3) is 0 Å². The SMILES string of the molecule is c1cc(OC2CCCCC2)nnc1CNC1CC1. The molecule has 1 N–H and O–H groups in total. The van der Waals surface area contributed by atoms with E-state index in [1.165, 1.54) is 32.1 Å². The molecule has 0 atom stereocenters. The fraction of sp³-hybridized carbons (Fsp3) is 0.714. The van der Waals surface area contributed by atoms with Gasteiger partial charge >= 0.3 is 0 Å². The molecule has 0 aromatic carbocycles. The molecule has 2 aliphatic rings. The van der Waals surface area contributed by atoms with Gasteiger partial charge in [-0.25, -0.2) is 0 Å². The fourth-order valence-electron chi connectivity index (χ4n) is 2.39. The summed E-state index contributed by atoms with van der Waals surface area (Å²) in [6, 6.07) is 4.68. The van der Waals surface area contributed by atoms with E-state index in [4.69, 9.17) is 4.74 Å². The highest BCUT2D eigenvalue weighted by Crippen LogP contribution is 2.22. The highest BCUT2D eigenvalue weighted by Gasteiger charge is 2.20. The van der Waals surface area contributed by atoms with Crippen molar-refractivity contribution in [3.8, 4) is 5.88 Å². The predicted octanol–water partition coefficient (Wildman–Crippen LogP) is 2.44. The normalized spacial score (nSPS) is 20.9. The number of rotatable bonds is 5. The lowest BCUT2D eigenvalue weighted by Crippen LogP contribution is -2.21. The van der Waals surface area contributed by atoms with Crippen molar-refractivity contribution in [3.63, 3.8) is 0 Å². The molecule has 18 heavy (non-hydrogen) atoms. The number of nitrogens with zero attached hydrogens (tertiary/aromatic N) is 2. The van der Waals surface area contributed by atoms with Crippen LogP contribution in [0.15, 0.2) is 12.1 Å². The minimum Gasteiger partial charge on any atom is -0.473 e. The smallest absolute Gasteiger partial charge is 0.233 e. The van der Waals surface area contributed by atoms with Gasteiger partial charge in [-0.3, -0.25) is 0 Å². The highest BCUT2D eigenvalue weighted by atomic mass is 16.5. The van der Waals surface area contributed by atoms with Crippen LogP contribution in [-0.4, -0.2) is 22.3 Å². The van der Waals surface area contributed by atoms with Crippen molar-refractivity contribution in [2.75, 3.05) is 0 Å². The predicted molar refractivity (Wildman–Crippen MR) is 69.4 cm³/mol. The second-order valence-corrected chi connectivity index (χ2v) is 5.40. The van der Waals surface area contributed by atoms with Crippen LogP contribution < -0.4 is 10.1 Å². The molecule has 0 spiro atoms. The molecule has 2 fully saturated rings. The summed E-state index contributed by atoms with van der Waals surface area (Å²) in [7, 11) is 0. The maximum atomic E-state index is 5.85. The van der Waals surface area contributed by atoms with Gasteiger partial charge in [0.1, 0.15) is 6.10 Å². The van der Waals surface area contributed by atoms with Crippen LogP contribution >= 0.6 is 0 Å². The minimum absolute atomic E-state index is 0.350. The van der Waals surface area contributed by atoms with Crippen molar-refractivity contribution < 1.29 is 4.74 Å². The van der Waals surface area contributed by atoms with E-state index in [9.17, 15) is 0 Å². The summed E-state index contributed by atoms with van der Waals surface area (Å²) in [5.41, 5.74) is 0.998. The molecule has 0 amide bonds. The largest absolute Gasteiger partial charge is 0.473 e. The zero-order valence-electron chi connectivity index (χ0n) is 10.8. The molecule has 4 nitrogen and oxygen atoms in total. The lowest BCUT2D eigenvalue weighted by molar-refractivity contribution is 0.147. The molecule has 4 heteroatoms. The van der Waals surface area contributed by atoms with Crippen molar-refractivity contribution >= 4 is 0 Å². The molecule has 98 valence electrons. The van der Waals surface area contributed by atoms with E-state index >= 15 is 0 Å². The second-order valence-electron chi connectivity index (χ2n) is 5.40. The second kappa shape index (κ2) is 5.65. The van der Waals surface area contributed by atoms with Crippen LogP contribution in [0.5, 0.6) is 5.88 Å². The van der Waals surface area contributed by atoms with Crippen LogP contribution in [0.3, 0.4) is 0 Å². The van der Waals surface area contributed by atoms with Crippen LogP contribution in [-0.2, 0) is 6.54 Å². The Kier molecular flexibility index (Phi) is 3.74. The Morgan fingerprint density at radius 1 is 1.06 bits per heavy atom. The maximum Gasteiger partial charge on any atom is 0.233 e. The van der Waals surface area contributed by atoms with Gasteiger partial charge in [0.15, 0.2) is 0 Å². The van der Waals surface area contributed by atoms with E-state index in [1.54, 1.807) is 0 Å². The Labute approximate surface area is 108 Å². The van der Waals surface area contributed by atoms with Gasteiger partial charge < -0.3 is 10.1 Å². The van der Waals surface area contributed by atoms with Crippen LogP contribution in [0.2, 0.25) is 0 Å². The Hall–Kier alpha value is -1.16. The number of nitrogens with one attached hydrogen (secondary N) is 1. The zero-order chi connectivity index (χ0) is 12.2. The average Bonchev–Trinajstić information content (AvgIpc) is 3.23. The van der Waals surface area contributed by atoms with E-state index < -0.39 is 0 Å². The van der Waals surface area contributed by atoms with Gasteiger partial charge in [0.05, 0.1) is 5.69 Å². The number of aromatic nitrogens is 2. The first-order chi connectivity index (χ1) is 8.90. The van der Waals surface area contributed by atoms with Crippen molar-refractivity contribution in [1.82, 2.24) is 15.5 Å². The molecule has 0 aliphatic heterocycles. The van der Waals surface area contributed by atoms with E-state index in [1.807, 2.05) is 12.1 Å². The van der Waals surface area contributed by atoms with E-state index in [-0.39, 0.29) is 0 Å². The summed E-state index contributed by atoms with van der Waals surface area (Å²) in [5.74, 6) is 0.678. The molecular formula is C14H21N3O. The third kappa shape index (κ3) is 3.42. The van der Waals surface area contributed by atoms with Crippen LogP contribution in [0.4, 0.5) is 0 Å². The molecule has 0 unspecified atom stereocenters. The Balaban J connectivity index is 1.49. The van der Waals surface area contributed by atoms with Crippen molar-refractivity contribution in [3.05, 3.63) is 17.8 Å². The van der Waals surface area contributed by atoms with Gasteiger partial charge in [-0.1, -0.05) is 6.42 Å². The van der Waals surface area contributed by atoms with Crippen LogP contribution in [0, 0.1) is 0 Å². The number of hydrogen-bond acceptors (Lipinski definition) is 4. The number of ether oxygens (including phenoxy) is 1. The zero-order valence-corrected chi connectivity index (χ0v) is 10.8. The lowest BCUT2D eigenvalue weighted by atomic mass is 9.98. The molecule has 2 saturated carbocycles. The average molecular weight is 247 g/mol. The Bertz CT molecular complexity index is 369. The van der Waals surface area contributed by atoms with Crippen molar-refractivity contribution in [1.29, 1.82) is 0 Å². The summed E-state index contributed by atoms with van der Waals surface area (Å²) < 4.78 is 5.85. The van der Waals surface area contributed by atoms with Crippen molar-refractivity contribution in [2.45, 2.75) is 63.6 Å². The Morgan fingerprint density at radius 3 is 2.56 bits per heavy atom. The molecule has 1 aromatic heterocycles. The van der Waals surface area contributed by atoms with Gasteiger partial charge in [-0.05, 0) is 44.6 Å².